The molecule has 0 amide bonds. The summed E-state index contributed by atoms with van der Waals surface area (Å²) >= 11 is 2.42. The van der Waals surface area contributed by atoms with Crippen molar-refractivity contribution in [3.8, 4) is 0 Å². The van der Waals surface area contributed by atoms with Crippen molar-refractivity contribution in [1.82, 2.24) is 0 Å². The van der Waals surface area contributed by atoms with Gasteiger partial charge in [0, 0.05) is 6.61 Å². The monoisotopic (exact) mass is 620 g/mol. The second-order valence-corrected chi connectivity index (χ2v) is 9.80. The number of hydrogen-bond acceptors (Lipinski definition) is 9. The Balaban J connectivity index is 3.09. The van der Waals surface area contributed by atoms with Crippen molar-refractivity contribution in [2.75, 3.05) is 96.9 Å². The van der Waals surface area contributed by atoms with Gasteiger partial charge in [-0.2, -0.15) is 0 Å². The van der Waals surface area contributed by atoms with Crippen LogP contribution in [0.2, 0.25) is 0 Å². The van der Waals surface area contributed by atoms with Crippen LogP contribution in [-0.4, -0.2) is 108 Å². The third-order valence-corrected chi connectivity index (χ3v) is 5.04. The van der Waals surface area contributed by atoms with Crippen LogP contribution in [0.1, 0.15) is 52.9 Å². The number of ether oxygens (including phenoxy) is 8. The molecule has 0 saturated heterocycles. The van der Waals surface area contributed by atoms with E-state index in [-0.39, 0.29) is 12.4 Å². The van der Waals surface area contributed by atoms with Crippen LogP contribution in [0.3, 0.4) is 0 Å². The molecule has 0 fully saturated rings. The number of esters is 1. The Labute approximate surface area is 226 Å². The maximum atomic E-state index is 11.5. The molecule has 0 aromatic rings. The highest BCUT2D eigenvalue weighted by molar-refractivity contribution is 14.1. The van der Waals surface area contributed by atoms with E-state index in [9.17, 15) is 4.79 Å². The molecule has 0 spiro atoms. The van der Waals surface area contributed by atoms with Gasteiger partial charge in [0.25, 0.3) is 0 Å². The highest BCUT2D eigenvalue weighted by Crippen LogP contribution is 2.08. The van der Waals surface area contributed by atoms with Gasteiger partial charge in [-0.3, -0.25) is 4.79 Å². The molecule has 0 unspecified atom stereocenters. The minimum atomic E-state index is -0.462. The van der Waals surface area contributed by atoms with E-state index >= 15 is 0 Å². The Kier molecular flexibility index (Phi) is 26.9. The molecule has 0 aromatic carbocycles. The van der Waals surface area contributed by atoms with Crippen LogP contribution >= 0.6 is 22.6 Å². The number of carbonyl (C=O) groups is 1. The fraction of sp³-hybridized carbons (Fsp3) is 0.960. The first kappa shape index (κ1) is 34.9. The van der Waals surface area contributed by atoms with Gasteiger partial charge in [-0.15, -0.1) is 0 Å². The van der Waals surface area contributed by atoms with Crippen LogP contribution in [0.4, 0.5) is 0 Å². The molecule has 10 heteroatoms. The average molecular weight is 621 g/mol. The van der Waals surface area contributed by atoms with Crippen LogP contribution in [-0.2, 0) is 42.7 Å². The van der Waals surface area contributed by atoms with Gasteiger partial charge in [-0.25, -0.2) is 0 Å². The van der Waals surface area contributed by atoms with Gasteiger partial charge >= 0.3 is 5.97 Å². The number of rotatable bonds is 27. The van der Waals surface area contributed by atoms with Gasteiger partial charge in [-0.1, -0.05) is 35.4 Å². The van der Waals surface area contributed by atoms with Crippen LogP contribution in [0.25, 0.3) is 0 Å². The lowest BCUT2D eigenvalue weighted by Crippen LogP contribution is -2.24. The lowest BCUT2D eigenvalue weighted by Gasteiger charge is -2.19. The van der Waals surface area contributed by atoms with E-state index in [1.54, 1.807) is 0 Å². The summed E-state index contributed by atoms with van der Waals surface area (Å²) in [4.78, 5) is 11.5. The van der Waals surface area contributed by atoms with Crippen molar-refractivity contribution >= 4 is 28.6 Å². The third kappa shape index (κ3) is 31.9. The van der Waals surface area contributed by atoms with Gasteiger partial charge in [-0.05, 0) is 38.0 Å². The predicted octanol–water partition coefficient (Wildman–Crippen LogP) is 3.83. The lowest BCUT2D eigenvalue weighted by molar-refractivity contribution is -0.156. The van der Waals surface area contributed by atoms with Gasteiger partial charge in [0.2, 0.25) is 0 Å². The van der Waals surface area contributed by atoms with E-state index in [2.05, 4.69) is 22.6 Å². The van der Waals surface area contributed by atoms with E-state index in [1.807, 2.05) is 20.8 Å². The lowest BCUT2D eigenvalue weighted by atomic mass is 10.2. The van der Waals surface area contributed by atoms with E-state index in [4.69, 9.17) is 37.9 Å². The average Bonchev–Trinajstić information content (AvgIpc) is 2.80. The molecule has 0 N–H and O–H groups in total. The van der Waals surface area contributed by atoms with E-state index < -0.39 is 5.60 Å². The first-order valence-corrected chi connectivity index (χ1v) is 14.3. The normalized spacial score (nSPS) is 11.8. The second-order valence-electron chi connectivity index (χ2n) is 8.73. The topological polar surface area (TPSA) is 90.9 Å². The standard InChI is InChI=1S/C25H49IO9/c1-25(2,3)35-24(27)8-11-29-13-15-31-17-19-33-21-23-34-22-20-32-18-16-30-14-12-28-10-7-5-4-6-9-26/h4-23H2,1-3H3. The van der Waals surface area contributed by atoms with Crippen LogP contribution < -0.4 is 0 Å². The summed E-state index contributed by atoms with van der Waals surface area (Å²) in [5, 5.41) is 0. The van der Waals surface area contributed by atoms with Crippen molar-refractivity contribution in [3.63, 3.8) is 0 Å². The SMILES string of the molecule is CC(C)(C)OC(=O)CCOCCOCCOCCOCCOCCOCCOCCCCCCI. The molecule has 210 valence electrons. The second kappa shape index (κ2) is 27.0. The summed E-state index contributed by atoms with van der Waals surface area (Å²) < 4.78 is 44.6. The van der Waals surface area contributed by atoms with E-state index in [1.165, 1.54) is 23.7 Å². The van der Waals surface area contributed by atoms with Gasteiger partial charge in [0.1, 0.15) is 5.60 Å². The number of unbranched alkanes of at least 4 members (excludes halogenated alkanes) is 3. The molecular weight excluding hydrogens is 571 g/mol. The van der Waals surface area contributed by atoms with Crippen molar-refractivity contribution in [2.45, 2.75) is 58.5 Å². The van der Waals surface area contributed by atoms with Crippen molar-refractivity contribution in [1.29, 1.82) is 0 Å². The Bertz CT molecular complexity index is 447. The Morgan fingerprint density at radius 1 is 0.514 bits per heavy atom. The number of alkyl halides is 1. The molecule has 35 heavy (non-hydrogen) atoms. The summed E-state index contributed by atoms with van der Waals surface area (Å²) in [5.41, 5.74) is -0.462. The van der Waals surface area contributed by atoms with Crippen molar-refractivity contribution in [2.24, 2.45) is 0 Å². The predicted molar refractivity (Wildman–Crippen MR) is 144 cm³/mol. The van der Waals surface area contributed by atoms with Gasteiger partial charge in [0.05, 0.1) is 92.3 Å². The van der Waals surface area contributed by atoms with Crippen LogP contribution in [0, 0.1) is 0 Å². The number of hydrogen-bond donors (Lipinski definition) is 0. The maximum absolute atomic E-state index is 11.5. The third-order valence-electron chi connectivity index (χ3n) is 4.27. The summed E-state index contributed by atoms with van der Waals surface area (Å²) in [6.07, 6.45) is 5.22. The highest BCUT2D eigenvalue weighted by atomic mass is 127. The van der Waals surface area contributed by atoms with Crippen molar-refractivity contribution in [3.05, 3.63) is 0 Å². The quantitative estimate of drug-likeness (QED) is 0.0589. The smallest absolute Gasteiger partial charge is 0.308 e. The Hall–Kier alpha value is -0.0800. The summed E-state index contributed by atoms with van der Waals surface area (Å²) in [6.45, 7) is 13.0. The molecule has 0 rings (SSSR count). The molecular formula is C25H49IO9. The molecule has 0 aliphatic carbocycles. The van der Waals surface area contributed by atoms with Crippen LogP contribution in [0.15, 0.2) is 0 Å². The summed E-state index contributed by atoms with van der Waals surface area (Å²) in [6, 6.07) is 0. The summed E-state index contributed by atoms with van der Waals surface area (Å²) in [5.74, 6) is -0.255. The summed E-state index contributed by atoms with van der Waals surface area (Å²) in [7, 11) is 0. The minimum Gasteiger partial charge on any atom is -0.460 e. The fourth-order valence-electron chi connectivity index (χ4n) is 2.62. The van der Waals surface area contributed by atoms with E-state index in [0.717, 1.165) is 13.0 Å². The number of carbonyl (C=O) groups excluding carboxylic acids is 1. The maximum Gasteiger partial charge on any atom is 0.308 e. The molecule has 0 radical (unpaired) electrons. The first-order chi connectivity index (χ1) is 17.0. The van der Waals surface area contributed by atoms with Crippen LogP contribution in [0.5, 0.6) is 0 Å². The molecule has 0 saturated carbocycles. The zero-order valence-electron chi connectivity index (χ0n) is 22.2. The molecule has 0 aliphatic rings. The van der Waals surface area contributed by atoms with Crippen molar-refractivity contribution < 1.29 is 42.7 Å². The zero-order valence-corrected chi connectivity index (χ0v) is 24.4. The molecule has 9 nitrogen and oxygen atoms in total. The molecule has 0 atom stereocenters. The minimum absolute atomic E-state index is 0.244. The zero-order chi connectivity index (χ0) is 25.9. The first-order valence-electron chi connectivity index (χ1n) is 12.8. The molecule has 0 aromatic heterocycles. The Morgan fingerprint density at radius 3 is 1.23 bits per heavy atom. The molecule has 0 heterocycles. The van der Waals surface area contributed by atoms with Gasteiger partial charge < -0.3 is 37.9 Å². The van der Waals surface area contributed by atoms with Gasteiger partial charge in [0.15, 0.2) is 0 Å². The highest BCUT2D eigenvalue weighted by Gasteiger charge is 2.15. The molecule has 0 aliphatic heterocycles. The fourth-order valence-corrected chi connectivity index (χ4v) is 3.16. The molecule has 0 bridgehead atoms. The largest absolute Gasteiger partial charge is 0.460 e. The number of halogens is 1. The van der Waals surface area contributed by atoms with E-state index in [0.29, 0.717) is 85.9 Å². The Morgan fingerprint density at radius 2 is 0.857 bits per heavy atom.